The van der Waals surface area contributed by atoms with Gasteiger partial charge in [0.1, 0.15) is 5.82 Å². The van der Waals surface area contributed by atoms with Crippen molar-refractivity contribution >= 4 is 11.8 Å². The van der Waals surface area contributed by atoms with Gasteiger partial charge >= 0.3 is 0 Å². The smallest absolute Gasteiger partial charge is 0.240 e. The molecule has 1 aromatic heterocycles. The minimum absolute atomic E-state index is 0.0916. The fourth-order valence-corrected chi connectivity index (χ4v) is 1.97. The molecule has 7 heteroatoms. The Kier molecular flexibility index (Phi) is 2.86. The lowest BCUT2D eigenvalue weighted by molar-refractivity contribution is 0.121. The molecule has 0 aliphatic carbocycles. The van der Waals surface area contributed by atoms with Crippen LogP contribution in [-0.4, -0.2) is 22.9 Å². The molecule has 5 nitrogen and oxygen atoms in total. The van der Waals surface area contributed by atoms with Gasteiger partial charge in [0.25, 0.3) is 0 Å². The van der Waals surface area contributed by atoms with E-state index in [9.17, 15) is 8.78 Å². The van der Waals surface area contributed by atoms with Gasteiger partial charge in [-0.3, -0.25) is 0 Å². The SMILES string of the molecule is Nc1nc(N)c2c(n1)CCNC2CC(F)F. The molecule has 0 saturated carbocycles. The first-order valence-electron chi connectivity index (χ1n) is 5.01. The van der Waals surface area contributed by atoms with Crippen LogP contribution >= 0.6 is 0 Å². The first-order chi connectivity index (χ1) is 7.58. The van der Waals surface area contributed by atoms with E-state index >= 15 is 0 Å². The summed E-state index contributed by atoms with van der Waals surface area (Å²) in [5, 5.41) is 2.99. The van der Waals surface area contributed by atoms with Crippen LogP contribution in [0.1, 0.15) is 23.7 Å². The van der Waals surface area contributed by atoms with E-state index in [0.717, 1.165) is 0 Å². The Balaban J connectivity index is 2.37. The average Bonchev–Trinajstić information content (AvgIpc) is 2.15. The number of hydrogen-bond donors (Lipinski definition) is 3. The summed E-state index contributed by atoms with van der Waals surface area (Å²) in [6, 6.07) is -0.482. The average molecular weight is 229 g/mol. The van der Waals surface area contributed by atoms with Gasteiger partial charge in [-0.15, -0.1) is 0 Å². The lowest BCUT2D eigenvalue weighted by atomic mass is 9.97. The van der Waals surface area contributed by atoms with Crippen LogP contribution < -0.4 is 16.8 Å². The predicted octanol–water partition coefficient (Wildman–Crippen LogP) is 0.483. The lowest BCUT2D eigenvalue weighted by Crippen LogP contribution is -2.33. The van der Waals surface area contributed by atoms with Crippen LogP contribution in [0.5, 0.6) is 0 Å². The van der Waals surface area contributed by atoms with E-state index in [2.05, 4.69) is 15.3 Å². The molecule has 1 unspecified atom stereocenters. The van der Waals surface area contributed by atoms with E-state index in [1.54, 1.807) is 0 Å². The fourth-order valence-electron chi connectivity index (χ4n) is 1.97. The zero-order valence-electron chi connectivity index (χ0n) is 8.58. The van der Waals surface area contributed by atoms with Crippen molar-refractivity contribution in [2.45, 2.75) is 25.3 Å². The van der Waals surface area contributed by atoms with Gasteiger partial charge in [-0.2, -0.15) is 4.98 Å². The minimum Gasteiger partial charge on any atom is -0.383 e. The number of alkyl halides is 2. The van der Waals surface area contributed by atoms with Crippen LogP contribution in [0.2, 0.25) is 0 Å². The van der Waals surface area contributed by atoms with Crippen molar-refractivity contribution in [3.8, 4) is 0 Å². The van der Waals surface area contributed by atoms with E-state index in [-0.39, 0.29) is 18.2 Å². The maximum absolute atomic E-state index is 12.4. The van der Waals surface area contributed by atoms with Crippen molar-refractivity contribution in [3.05, 3.63) is 11.3 Å². The van der Waals surface area contributed by atoms with Crippen molar-refractivity contribution < 1.29 is 8.78 Å². The molecule has 0 amide bonds. The van der Waals surface area contributed by atoms with Gasteiger partial charge in [0.05, 0.1) is 5.69 Å². The third-order valence-corrected chi connectivity index (χ3v) is 2.59. The molecule has 2 rings (SSSR count). The van der Waals surface area contributed by atoms with E-state index in [4.69, 9.17) is 11.5 Å². The van der Waals surface area contributed by atoms with Gasteiger partial charge in [-0.1, -0.05) is 0 Å². The summed E-state index contributed by atoms with van der Waals surface area (Å²) < 4.78 is 24.8. The second-order valence-electron chi connectivity index (χ2n) is 3.71. The molecular weight excluding hydrogens is 216 g/mol. The number of hydrogen-bond acceptors (Lipinski definition) is 5. The number of nitrogens with zero attached hydrogens (tertiary/aromatic N) is 2. The Bertz CT molecular complexity index is 396. The van der Waals surface area contributed by atoms with E-state index < -0.39 is 12.5 Å². The summed E-state index contributed by atoms with van der Waals surface area (Å²) in [7, 11) is 0. The predicted molar refractivity (Wildman–Crippen MR) is 55.9 cm³/mol. The molecule has 0 bridgehead atoms. The van der Waals surface area contributed by atoms with Gasteiger partial charge < -0.3 is 16.8 Å². The Labute approximate surface area is 91.3 Å². The van der Waals surface area contributed by atoms with Crippen LogP contribution in [0, 0.1) is 0 Å². The first-order valence-corrected chi connectivity index (χ1v) is 5.01. The van der Waals surface area contributed by atoms with Crippen molar-refractivity contribution in [2.75, 3.05) is 18.0 Å². The topological polar surface area (TPSA) is 89.8 Å². The second-order valence-corrected chi connectivity index (χ2v) is 3.71. The highest BCUT2D eigenvalue weighted by molar-refractivity contribution is 5.48. The van der Waals surface area contributed by atoms with Gasteiger partial charge in [0, 0.05) is 31.0 Å². The van der Waals surface area contributed by atoms with Crippen molar-refractivity contribution in [1.29, 1.82) is 0 Å². The molecular formula is C9H13F2N5. The van der Waals surface area contributed by atoms with Crippen LogP contribution in [0.3, 0.4) is 0 Å². The van der Waals surface area contributed by atoms with E-state index in [0.29, 0.717) is 24.2 Å². The summed E-state index contributed by atoms with van der Waals surface area (Å²) in [6.07, 6.45) is -2.04. The summed E-state index contributed by atoms with van der Waals surface area (Å²) in [4.78, 5) is 7.84. The zero-order chi connectivity index (χ0) is 11.7. The molecule has 0 spiro atoms. The number of anilines is 2. The maximum Gasteiger partial charge on any atom is 0.240 e. The molecule has 1 aliphatic heterocycles. The molecule has 5 N–H and O–H groups in total. The number of aromatic nitrogens is 2. The van der Waals surface area contributed by atoms with E-state index in [1.165, 1.54) is 0 Å². The van der Waals surface area contributed by atoms with Crippen LogP contribution in [-0.2, 0) is 6.42 Å². The van der Waals surface area contributed by atoms with Crippen LogP contribution in [0.15, 0.2) is 0 Å². The highest BCUT2D eigenvalue weighted by Gasteiger charge is 2.27. The number of nitrogens with one attached hydrogen (secondary N) is 1. The Morgan fingerprint density at radius 3 is 2.81 bits per heavy atom. The molecule has 0 fully saturated rings. The summed E-state index contributed by atoms with van der Waals surface area (Å²) in [6.45, 7) is 0.597. The summed E-state index contributed by atoms with van der Waals surface area (Å²) >= 11 is 0. The molecule has 0 saturated heterocycles. The number of nitrogen functional groups attached to an aromatic ring is 2. The highest BCUT2D eigenvalue weighted by atomic mass is 19.3. The Hall–Kier alpha value is -1.50. The van der Waals surface area contributed by atoms with Crippen LogP contribution in [0.25, 0.3) is 0 Å². The third kappa shape index (κ3) is 2.04. The summed E-state index contributed by atoms with van der Waals surface area (Å²) in [5.74, 6) is 0.286. The zero-order valence-corrected chi connectivity index (χ0v) is 8.58. The van der Waals surface area contributed by atoms with Crippen molar-refractivity contribution in [3.63, 3.8) is 0 Å². The molecule has 0 radical (unpaired) electrons. The normalized spacial score (nSPS) is 19.8. The molecule has 1 atom stereocenters. The number of rotatable bonds is 2. The quantitative estimate of drug-likeness (QED) is 0.686. The number of halogens is 2. The fraction of sp³-hybridized carbons (Fsp3) is 0.556. The molecule has 2 heterocycles. The highest BCUT2D eigenvalue weighted by Crippen LogP contribution is 2.30. The Morgan fingerprint density at radius 1 is 1.38 bits per heavy atom. The molecule has 1 aromatic rings. The number of fused-ring (bicyclic) bond motifs is 1. The largest absolute Gasteiger partial charge is 0.383 e. The van der Waals surface area contributed by atoms with Crippen molar-refractivity contribution in [1.82, 2.24) is 15.3 Å². The van der Waals surface area contributed by atoms with Gasteiger partial charge in [0.15, 0.2) is 0 Å². The summed E-state index contributed by atoms with van der Waals surface area (Å²) in [5.41, 5.74) is 12.4. The first kappa shape index (κ1) is 11.0. The third-order valence-electron chi connectivity index (χ3n) is 2.59. The second kappa shape index (κ2) is 4.17. The molecule has 1 aliphatic rings. The monoisotopic (exact) mass is 229 g/mol. The van der Waals surface area contributed by atoms with Gasteiger partial charge in [-0.25, -0.2) is 13.8 Å². The minimum atomic E-state index is -2.39. The maximum atomic E-state index is 12.4. The Morgan fingerprint density at radius 2 is 2.12 bits per heavy atom. The van der Waals surface area contributed by atoms with Gasteiger partial charge in [0.2, 0.25) is 12.4 Å². The molecule has 88 valence electrons. The lowest BCUT2D eigenvalue weighted by Gasteiger charge is -2.26. The van der Waals surface area contributed by atoms with Crippen molar-refractivity contribution in [2.24, 2.45) is 0 Å². The molecule has 16 heavy (non-hydrogen) atoms. The van der Waals surface area contributed by atoms with E-state index in [1.807, 2.05) is 0 Å². The number of nitrogens with two attached hydrogens (primary N) is 2. The molecule has 0 aromatic carbocycles. The van der Waals surface area contributed by atoms with Crippen LogP contribution in [0.4, 0.5) is 20.5 Å². The van der Waals surface area contributed by atoms with Gasteiger partial charge in [-0.05, 0) is 0 Å². The standard InChI is InChI=1S/C9H13F2N5/c10-6(11)3-5-7-4(1-2-14-5)15-9(13)16-8(7)12/h5-6,14H,1-3H2,(H4,12,13,15,16).